The average molecular weight is 734 g/mol. The van der Waals surface area contributed by atoms with Crippen LogP contribution in [0.4, 0.5) is 0 Å². The molecule has 0 fully saturated rings. The highest BCUT2D eigenvalue weighted by Crippen LogP contribution is 2.16. The van der Waals surface area contributed by atoms with Gasteiger partial charge in [0.2, 0.25) is 17.7 Å². The lowest BCUT2D eigenvalue weighted by atomic mass is 9.88. The van der Waals surface area contributed by atoms with Crippen LogP contribution in [0.25, 0.3) is 0 Å². The minimum atomic E-state index is -1.36. The molecule has 19 nitrogen and oxygen atoms in total. The van der Waals surface area contributed by atoms with Crippen molar-refractivity contribution >= 4 is 41.6 Å². The first-order valence-corrected chi connectivity index (χ1v) is 16.0. The fourth-order valence-corrected chi connectivity index (χ4v) is 3.61. The third-order valence-corrected chi connectivity index (χ3v) is 6.02. The molecule has 0 aliphatic rings. The molecule has 0 aliphatic carbocycles. The number of carboxylic acids is 3. The van der Waals surface area contributed by atoms with Crippen molar-refractivity contribution in [3.63, 3.8) is 0 Å². The van der Waals surface area contributed by atoms with E-state index in [2.05, 4.69) is 16.0 Å². The molecule has 3 amide bonds. The summed E-state index contributed by atoms with van der Waals surface area (Å²) in [5.41, 5.74) is -1.80. The molecule has 0 rings (SSSR count). The second-order valence-corrected chi connectivity index (χ2v) is 11.8. The van der Waals surface area contributed by atoms with Crippen LogP contribution in [0.1, 0.15) is 40.0 Å². The Balaban J connectivity index is 4.80. The number of rotatable bonds is 30. The van der Waals surface area contributed by atoms with E-state index in [1.807, 2.05) is 0 Å². The fraction of sp³-hybridized carbons (Fsp3) is 0.656. The molecule has 0 aromatic carbocycles. The average Bonchev–Trinajstić information content (AvgIpc) is 3.04. The monoisotopic (exact) mass is 733 g/mol. The molecule has 0 aliphatic heterocycles. The number of carbonyl (C=O) groups is 7. The van der Waals surface area contributed by atoms with Crippen molar-refractivity contribution in [2.45, 2.75) is 45.6 Å². The summed E-state index contributed by atoms with van der Waals surface area (Å²) >= 11 is 0. The second kappa shape index (κ2) is 27.3. The Kier molecular flexibility index (Phi) is 24.9. The number of nitrogens with one attached hydrogen (secondary N) is 3. The predicted molar refractivity (Wildman–Crippen MR) is 176 cm³/mol. The number of hydrogen-bond acceptors (Lipinski definition) is 13. The second-order valence-electron chi connectivity index (χ2n) is 11.8. The van der Waals surface area contributed by atoms with Crippen molar-refractivity contribution in [1.82, 2.24) is 16.0 Å². The van der Waals surface area contributed by atoms with Crippen molar-refractivity contribution < 1.29 is 77.3 Å². The van der Waals surface area contributed by atoms with Gasteiger partial charge >= 0.3 is 23.9 Å². The number of amides is 3. The van der Waals surface area contributed by atoms with Crippen LogP contribution >= 0.6 is 0 Å². The van der Waals surface area contributed by atoms with Gasteiger partial charge in [-0.2, -0.15) is 0 Å². The van der Waals surface area contributed by atoms with Crippen molar-refractivity contribution in [3.05, 3.63) is 24.3 Å². The molecule has 0 bridgehead atoms. The Bertz CT molecular complexity index is 1130. The molecule has 0 saturated heterocycles. The van der Waals surface area contributed by atoms with Crippen LogP contribution in [0.5, 0.6) is 0 Å². The SMILES string of the molecule is CC(C)(C)OC(=O)CCOCCOCCOCCOCCOCC(CNC(=O)/C=C\C(=O)O)(CNC(=O)/C=C\C(=O)O)CNC(=O)CCC(=O)O. The number of esters is 1. The van der Waals surface area contributed by atoms with E-state index in [1.165, 1.54) is 0 Å². The largest absolute Gasteiger partial charge is 0.481 e. The van der Waals surface area contributed by atoms with Gasteiger partial charge in [0, 0.05) is 55.8 Å². The van der Waals surface area contributed by atoms with E-state index in [0.29, 0.717) is 38.6 Å². The van der Waals surface area contributed by atoms with Gasteiger partial charge in [-0.25, -0.2) is 9.59 Å². The zero-order valence-electron chi connectivity index (χ0n) is 29.3. The third kappa shape index (κ3) is 30.1. The predicted octanol–water partition coefficient (Wildman–Crippen LogP) is -0.717. The first kappa shape index (κ1) is 46.6. The number of hydrogen-bond donors (Lipinski definition) is 6. The number of ether oxygens (including phenoxy) is 6. The van der Waals surface area contributed by atoms with Gasteiger partial charge in [-0.1, -0.05) is 0 Å². The highest BCUT2D eigenvalue weighted by atomic mass is 16.6. The van der Waals surface area contributed by atoms with E-state index in [-0.39, 0.29) is 78.1 Å². The molecule has 0 heterocycles. The summed E-state index contributed by atoms with van der Waals surface area (Å²) in [6.45, 7) is 6.55. The van der Waals surface area contributed by atoms with E-state index in [9.17, 15) is 33.6 Å². The van der Waals surface area contributed by atoms with Gasteiger partial charge in [0.1, 0.15) is 5.60 Å². The number of aliphatic carboxylic acids is 3. The van der Waals surface area contributed by atoms with Gasteiger partial charge < -0.3 is 59.7 Å². The maximum Gasteiger partial charge on any atom is 0.328 e. The molecule has 0 spiro atoms. The van der Waals surface area contributed by atoms with Crippen LogP contribution in [0, 0.1) is 5.41 Å². The molecule has 51 heavy (non-hydrogen) atoms. The smallest absolute Gasteiger partial charge is 0.328 e. The van der Waals surface area contributed by atoms with Crippen molar-refractivity contribution in [1.29, 1.82) is 0 Å². The van der Waals surface area contributed by atoms with Gasteiger partial charge in [0.15, 0.2) is 0 Å². The van der Waals surface area contributed by atoms with Crippen LogP contribution < -0.4 is 16.0 Å². The van der Waals surface area contributed by atoms with Crippen LogP contribution in [0.15, 0.2) is 24.3 Å². The maximum absolute atomic E-state index is 12.3. The Morgan fingerprint density at radius 3 is 1.35 bits per heavy atom. The Morgan fingerprint density at radius 2 is 0.941 bits per heavy atom. The molecule has 0 unspecified atom stereocenters. The van der Waals surface area contributed by atoms with Gasteiger partial charge in [-0.15, -0.1) is 0 Å². The first-order valence-electron chi connectivity index (χ1n) is 16.0. The van der Waals surface area contributed by atoms with Crippen LogP contribution in [-0.4, -0.2) is 148 Å². The Morgan fingerprint density at radius 1 is 0.529 bits per heavy atom. The van der Waals surface area contributed by atoms with Gasteiger partial charge in [0.25, 0.3) is 0 Å². The Hall–Kier alpha value is -4.43. The third-order valence-electron chi connectivity index (χ3n) is 6.02. The molecule has 0 aromatic heterocycles. The topological polar surface area (TPSA) is 272 Å². The summed E-state index contributed by atoms with van der Waals surface area (Å²) in [6.07, 6.45) is 2.12. The fourth-order valence-electron chi connectivity index (χ4n) is 3.61. The van der Waals surface area contributed by atoms with E-state index in [0.717, 1.165) is 12.2 Å². The Labute approximate surface area is 296 Å². The first-order chi connectivity index (χ1) is 24.0. The number of carboxylic acid groups (broad SMARTS) is 3. The van der Waals surface area contributed by atoms with Gasteiger partial charge in [-0.05, 0) is 20.8 Å². The van der Waals surface area contributed by atoms with Crippen molar-refractivity contribution in [3.8, 4) is 0 Å². The summed E-state index contributed by atoms with van der Waals surface area (Å²) < 4.78 is 32.6. The summed E-state index contributed by atoms with van der Waals surface area (Å²) in [7, 11) is 0. The zero-order chi connectivity index (χ0) is 38.5. The maximum atomic E-state index is 12.3. The molecular weight excluding hydrogens is 682 g/mol. The summed E-state index contributed by atoms with van der Waals surface area (Å²) in [5.74, 6) is -6.48. The minimum absolute atomic E-state index is 0.0332. The summed E-state index contributed by atoms with van der Waals surface area (Å²) in [6, 6.07) is 0. The van der Waals surface area contributed by atoms with E-state index in [4.69, 9.17) is 43.7 Å². The standard InChI is InChI=1S/C32H51N3O16/c1-31(2,3)51-30(45)10-11-46-12-13-47-14-15-48-16-17-49-18-19-50-23-32(20-33-24(36)4-7-27(39)40,21-34-25(37)5-8-28(41)42)22-35-26(38)6-9-29(43)44/h4-5,7-8H,6,9-23H2,1-3H3,(H,33,36)(H,34,37)(H,35,38)(H,39,40)(H,41,42)(H,43,44)/b7-4-,8-5-. The molecule has 6 N–H and O–H groups in total. The summed E-state index contributed by atoms with van der Waals surface area (Å²) in [4.78, 5) is 80.8. The lowest BCUT2D eigenvalue weighted by Crippen LogP contribution is -2.54. The van der Waals surface area contributed by atoms with Crippen LogP contribution in [-0.2, 0) is 62.0 Å². The molecule has 0 aromatic rings. The lowest BCUT2D eigenvalue weighted by molar-refractivity contribution is -0.156. The molecular formula is C32H51N3O16. The lowest BCUT2D eigenvalue weighted by Gasteiger charge is -2.34. The van der Waals surface area contributed by atoms with E-state index >= 15 is 0 Å². The molecule has 0 atom stereocenters. The number of carbonyl (C=O) groups excluding carboxylic acids is 4. The highest BCUT2D eigenvalue weighted by Gasteiger charge is 2.32. The molecule has 0 saturated carbocycles. The quantitative estimate of drug-likeness (QED) is 0.0302. The normalized spacial score (nSPS) is 11.7. The zero-order valence-corrected chi connectivity index (χ0v) is 29.3. The van der Waals surface area contributed by atoms with Crippen molar-refractivity contribution in [2.75, 3.05) is 85.7 Å². The van der Waals surface area contributed by atoms with E-state index < -0.39 is 53.1 Å². The van der Waals surface area contributed by atoms with Crippen LogP contribution in [0.3, 0.4) is 0 Å². The molecule has 19 heteroatoms. The minimum Gasteiger partial charge on any atom is -0.481 e. The van der Waals surface area contributed by atoms with Gasteiger partial charge in [-0.3, -0.25) is 24.0 Å². The molecule has 0 radical (unpaired) electrons. The van der Waals surface area contributed by atoms with Crippen LogP contribution in [0.2, 0.25) is 0 Å². The van der Waals surface area contributed by atoms with E-state index in [1.54, 1.807) is 20.8 Å². The van der Waals surface area contributed by atoms with Crippen molar-refractivity contribution in [2.24, 2.45) is 5.41 Å². The highest BCUT2D eigenvalue weighted by molar-refractivity contribution is 5.94. The summed E-state index contributed by atoms with van der Waals surface area (Å²) in [5, 5.41) is 33.9. The molecule has 290 valence electrons. The van der Waals surface area contributed by atoms with Gasteiger partial charge in [0.05, 0.1) is 78.9 Å².